The number of carbonyl (C=O) groups excluding carboxylic acids is 2. The van der Waals surface area contributed by atoms with E-state index in [4.69, 9.17) is 0 Å². The number of amides is 1. The van der Waals surface area contributed by atoms with E-state index in [1.54, 1.807) is 0 Å². The van der Waals surface area contributed by atoms with Crippen LogP contribution in [-0.4, -0.2) is 37.6 Å². The molecule has 0 saturated heterocycles. The maximum absolute atomic E-state index is 13.0. The monoisotopic (exact) mass is 305 g/mol. The number of carbonyl (C=O) groups is 2. The number of Topliss-reactive ketones (excluding diaryl/α,β-unsaturated/α-hetero) is 1. The first-order chi connectivity index (χ1) is 9.79. The maximum atomic E-state index is 13.0. The van der Waals surface area contributed by atoms with E-state index in [1.165, 1.54) is 6.07 Å². The standard InChI is InChI=1S/C13H11F4NO3/c14-8-2-3-10-9(6-8)11(19)12(20)18(10)4-1-5-21-7-13(15,16)17/h2-3,6H,1,4-5,7H2. The molecular weight excluding hydrogens is 294 g/mol. The maximum Gasteiger partial charge on any atom is 0.411 e. The Labute approximate surface area is 117 Å². The van der Waals surface area contributed by atoms with Crippen LogP contribution in [0, 0.1) is 5.82 Å². The Kier molecular flexibility index (Phi) is 4.26. The summed E-state index contributed by atoms with van der Waals surface area (Å²) in [5.41, 5.74) is 0.235. The Morgan fingerprint density at radius 2 is 1.90 bits per heavy atom. The predicted molar refractivity (Wildman–Crippen MR) is 64.6 cm³/mol. The minimum atomic E-state index is -4.40. The molecule has 0 N–H and O–H groups in total. The molecule has 0 atom stereocenters. The third-order valence-corrected chi connectivity index (χ3v) is 2.87. The van der Waals surface area contributed by atoms with Gasteiger partial charge in [0.2, 0.25) is 0 Å². The second-order valence-corrected chi connectivity index (χ2v) is 4.47. The number of halogens is 4. The van der Waals surface area contributed by atoms with Crippen LogP contribution in [0.25, 0.3) is 0 Å². The Bertz CT molecular complexity index is 571. The van der Waals surface area contributed by atoms with Crippen LogP contribution in [0.5, 0.6) is 0 Å². The zero-order chi connectivity index (χ0) is 15.6. The summed E-state index contributed by atoms with van der Waals surface area (Å²) >= 11 is 0. The number of benzene rings is 1. The van der Waals surface area contributed by atoms with Gasteiger partial charge in [-0.15, -0.1) is 0 Å². The molecule has 0 fully saturated rings. The summed E-state index contributed by atoms with van der Waals surface area (Å²) in [4.78, 5) is 24.5. The van der Waals surface area contributed by atoms with Crippen molar-refractivity contribution in [1.29, 1.82) is 0 Å². The number of ether oxygens (including phenoxy) is 1. The Morgan fingerprint density at radius 3 is 2.57 bits per heavy atom. The van der Waals surface area contributed by atoms with Crippen LogP contribution < -0.4 is 4.90 Å². The summed E-state index contributed by atoms with van der Waals surface area (Å²) in [5.74, 6) is -2.27. The lowest BCUT2D eigenvalue weighted by atomic mass is 10.1. The van der Waals surface area contributed by atoms with Crippen LogP contribution in [0.3, 0.4) is 0 Å². The van der Waals surface area contributed by atoms with Crippen LogP contribution in [-0.2, 0) is 9.53 Å². The number of alkyl halides is 3. The normalized spacial score (nSPS) is 14.8. The minimum Gasteiger partial charge on any atom is -0.372 e. The molecule has 0 saturated carbocycles. The van der Waals surface area contributed by atoms with Gasteiger partial charge in [0.05, 0.1) is 11.3 Å². The van der Waals surface area contributed by atoms with Gasteiger partial charge in [-0.2, -0.15) is 13.2 Å². The molecule has 0 radical (unpaired) electrons. The van der Waals surface area contributed by atoms with Crippen molar-refractivity contribution in [3.8, 4) is 0 Å². The molecule has 2 rings (SSSR count). The molecule has 0 aromatic heterocycles. The number of fused-ring (bicyclic) bond motifs is 1. The van der Waals surface area contributed by atoms with Gasteiger partial charge in [0.25, 0.3) is 11.7 Å². The van der Waals surface area contributed by atoms with Gasteiger partial charge in [-0.25, -0.2) is 4.39 Å². The molecule has 1 aliphatic rings. The first-order valence-electron chi connectivity index (χ1n) is 6.10. The van der Waals surface area contributed by atoms with Crippen molar-refractivity contribution >= 4 is 17.4 Å². The molecule has 1 aromatic carbocycles. The zero-order valence-electron chi connectivity index (χ0n) is 10.7. The third kappa shape index (κ3) is 3.57. The van der Waals surface area contributed by atoms with Crippen molar-refractivity contribution in [1.82, 2.24) is 0 Å². The fraction of sp³-hybridized carbons (Fsp3) is 0.385. The van der Waals surface area contributed by atoms with Crippen molar-refractivity contribution in [2.24, 2.45) is 0 Å². The molecule has 0 bridgehead atoms. The Hall–Kier alpha value is -1.96. The SMILES string of the molecule is O=C1C(=O)N(CCCOCC(F)(F)F)c2ccc(F)cc21. The van der Waals surface area contributed by atoms with Crippen LogP contribution >= 0.6 is 0 Å². The van der Waals surface area contributed by atoms with Gasteiger partial charge in [0, 0.05) is 13.2 Å². The molecule has 0 spiro atoms. The van der Waals surface area contributed by atoms with Gasteiger partial charge >= 0.3 is 6.18 Å². The summed E-state index contributed by atoms with van der Waals surface area (Å²) in [6, 6.07) is 3.37. The minimum absolute atomic E-state index is 0.0288. The lowest BCUT2D eigenvalue weighted by Crippen LogP contribution is -2.31. The van der Waals surface area contributed by atoms with E-state index in [2.05, 4.69) is 4.74 Å². The van der Waals surface area contributed by atoms with Crippen molar-refractivity contribution < 1.29 is 31.9 Å². The fourth-order valence-electron chi connectivity index (χ4n) is 2.01. The van der Waals surface area contributed by atoms with Gasteiger partial charge in [-0.05, 0) is 24.6 Å². The number of anilines is 1. The molecule has 0 aliphatic carbocycles. The Morgan fingerprint density at radius 1 is 1.19 bits per heavy atom. The van der Waals surface area contributed by atoms with Crippen molar-refractivity contribution in [2.45, 2.75) is 12.6 Å². The van der Waals surface area contributed by atoms with E-state index in [1.807, 2.05) is 0 Å². The highest BCUT2D eigenvalue weighted by Crippen LogP contribution is 2.29. The molecular formula is C13H11F4NO3. The molecule has 1 heterocycles. The second-order valence-electron chi connectivity index (χ2n) is 4.47. The first-order valence-corrected chi connectivity index (χ1v) is 6.10. The van der Waals surface area contributed by atoms with E-state index in [-0.39, 0.29) is 30.8 Å². The summed E-state index contributed by atoms with van der Waals surface area (Å²) < 4.78 is 53.1. The predicted octanol–water partition coefficient (Wildman–Crippen LogP) is 2.32. The molecule has 4 nitrogen and oxygen atoms in total. The van der Waals surface area contributed by atoms with Gasteiger partial charge in [-0.1, -0.05) is 0 Å². The molecule has 114 valence electrons. The second kappa shape index (κ2) is 5.80. The molecule has 8 heteroatoms. The number of ketones is 1. The summed E-state index contributed by atoms with van der Waals surface area (Å²) in [7, 11) is 0. The zero-order valence-corrected chi connectivity index (χ0v) is 10.7. The highest BCUT2D eigenvalue weighted by Gasteiger charge is 2.35. The average molecular weight is 305 g/mol. The first kappa shape index (κ1) is 15.4. The summed E-state index contributed by atoms with van der Waals surface area (Å²) in [6.45, 7) is -1.53. The molecule has 1 amide bonds. The van der Waals surface area contributed by atoms with E-state index < -0.39 is 30.3 Å². The largest absolute Gasteiger partial charge is 0.411 e. The number of hydrogen-bond donors (Lipinski definition) is 0. The smallest absolute Gasteiger partial charge is 0.372 e. The number of rotatable bonds is 5. The molecule has 1 aromatic rings. The highest BCUT2D eigenvalue weighted by molar-refractivity contribution is 6.52. The fourth-order valence-corrected chi connectivity index (χ4v) is 2.01. The average Bonchev–Trinajstić information content (AvgIpc) is 2.62. The van der Waals surface area contributed by atoms with Crippen LogP contribution in [0.4, 0.5) is 23.2 Å². The van der Waals surface area contributed by atoms with Crippen molar-refractivity contribution in [3.63, 3.8) is 0 Å². The molecule has 1 aliphatic heterocycles. The van der Waals surface area contributed by atoms with Crippen LogP contribution in [0.1, 0.15) is 16.8 Å². The van der Waals surface area contributed by atoms with E-state index in [0.29, 0.717) is 0 Å². The number of nitrogens with zero attached hydrogens (tertiary/aromatic N) is 1. The lowest BCUT2D eigenvalue weighted by Gasteiger charge is -2.16. The van der Waals surface area contributed by atoms with E-state index in [9.17, 15) is 27.2 Å². The van der Waals surface area contributed by atoms with Gasteiger partial charge in [0.15, 0.2) is 0 Å². The van der Waals surface area contributed by atoms with Gasteiger partial charge < -0.3 is 9.64 Å². The van der Waals surface area contributed by atoms with Crippen LogP contribution in [0.2, 0.25) is 0 Å². The van der Waals surface area contributed by atoms with Crippen molar-refractivity contribution in [2.75, 3.05) is 24.7 Å². The lowest BCUT2D eigenvalue weighted by molar-refractivity contribution is -0.173. The van der Waals surface area contributed by atoms with Gasteiger partial charge in [0.1, 0.15) is 12.4 Å². The summed E-state index contributed by atoms with van der Waals surface area (Å²) in [5, 5.41) is 0. The van der Waals surface area contributed by atoms with Crippen molar-refractivity contribution in [3.05, 3.63) is 29.6 Å². The summed E-state index contributed by atoms with van der Waals surface area (Å²) in [6.07, 6.45) is -4.27. The van der Waals surface area contributed by atoms with Crippen LogP contribution in [0.15, 0.2) is 18.2 Å². The quantitative estimate of drug-likeness (QED) is 0.476. The van der Waals surface area contributed by atoms with Gasteiger partial charge in [-0.3, -0.25) is 9.59 Å². The van der Waals surface area contributed by atoms with E-state index in [0.717, 1.165) is 17.0 Å². The van der Waals surface area contributed by atoms with E-state index >= 15 is 0 Å². The third-order valence-electron chi connectivity index (χ3n) is 2.87. The highest BCUT2D eigenvalue weighted by atomic mass is 19.4. The molecule has 21 heavy (non-hydrogen) atoms. The number of hydrogen-bond acceptors (Lipinski definition) is 3. The molecule has 0 unspecified atom stereocenters. The Balaban J connectivity index is 1.93. The topological polar surface area (TPSA) is 46.6 Å².